The summed E-state index contributed by atoms with van der Waals surface area (Å²) in [5.41, 5.74) is 0.784. The van der Waals surface area contributed by atoms with Crippen molar-refractivity contribution >= 4 is 23.2 Å². The lowest BCUT2D eigenvalue weighted by Gasteiger charge is -1.98. The van der Waals surface area contributed by atoms with Gasteiger partial charge in [-0.2, -0.15) is 5.10 Å². The summed E-state index contributed by atoms with van der Waals surface area (Å²) >= 11 is 5.73. The number of aromatic nitrogens is 3. The summed E-state index contributed by atoms with van der Waals surface area (Å²) in [6.45, 7) is 2.07. The zero-order chi connectivity index (χ0) is 10.8. The van der Waals surface area contributed by atoms with Crippen LogP contribution in [0.15, 0.2) is 18.6 Å². The predicted octanol–water partition coefficient (Wildman–Crippen LogP) is 1.56. The van der Waals surface area contributed by atoms with E-state index in [1.807, 2.05) is 0 Å². The molecule has 2 aromatic heterocycles. The number of nitrogens with zero attached hydrogens (tertiary/aromatic N) is 3. The highest BCUT2D eigenvalue weighted by Gasteiger charge is 2.14. The first-order valence-corrected chi connectivity index (χ1v) is 4.76. The third kappa shape index (κ3) is 1.78. The van der Waals surface area contributed by atoms with Crippen molar-refractivity contribution in [2.75, 3.05) is 6.61 Å². The summed E-state index contributed by atoms with van der Waals surface area (Å²) in [4.78, 5) is 15.5. The van der Waals surface area contributed by atoms with Crippen LogP contribution in [0.25, 0.3) is 5.65 Å². The van der Waals surface area contributed by atoms with Crippen molar-refractivity contribution < 1.29 is 9.53 Å². The van der Waals surface area contributed by atoms with Crippen LogP contribution in [0, 0.1) is 0 Å². The average molecular weight is 226 g/mol. The minimum Gasteiger partial charge on any atom is -0.462 e. The van der Waals surface area contributed by atoms with Crippen LogP contribution in [0.3, 0.4) is 0 Å². The third-order valence-corrected chi connectivity index (χ3v) is 2.02. The van der Waals surface area contributed by atoms with E-state index in [0.29, 0.717) is 22.8 Å². The van der Waals surface area contributed by atoms with Crippen molar-refractivity contribution in [1.82, 2.24) is 14.6 Å². The molecule has 5 nitrogen and oxygen atoms in total. The van der Waals surface area contributed by atoms with Crippen LogP contribution in [0.2, 0.25) is 5.02 Å². The van der Waals surface area contributed by atoms with Crippen molar-refractivity contribution in [2.24, 2.45) is 0 Å². The molecule has 0 fully saturated rings. The number of hydrogen-bond acceptors (Lipinski definition) is 4. The SMILES string of the molecule is CCOC(=O)c1cnn2cc(Cl)cnc12. The Morgan fingerprint density at radius 2 is 2.40 bits per heavy atom. The van der Waals surface area contributed by atoms with E-state index in [-0.39, 0.29) is 0 Å². The number of halogens is 1. The number of carbonyl (C=O) groups is 1. The highest BCUT2D eigenvalue weighted by molar-refractivity contribution is 6.30. The number of fused-ring (bicyclic) bond motifs is 1. The molecule has 0 amide bonds. The second kappa shape index (κ2) is 3.86. The number of hydrogen-bond donors (Lipinski definition) is 0. The monoisotopic (exact) mass is 225 g/mol. The summed E-state index contributed by atoms with van der Waals surface area (Å²) in [6.07, 6.45) is 4.45. The molecule has 0 radical (unpaired) electrons. The van der Waals surface area contributed by atoms with Gasteiger partial charge in [-0.15, -0.1) is 0 Å². The van der Waals surface area contributed by atoms with Crippen molar-refractivity contribution in [3.8, 4) is 0 Å². The van der Waals surface area contributed by atoms with Gasteiger partial charge in [0.15, 0.2) is 5.65 Å². The minimum absolute atomic E-state index is 0.323. The normalized spacial score (nSPS) is 10.5. The van der Waals surface area contributed by atoms with Crippen molar-refractivity contribution in [3.05, 3.63) is 29.2 Å². The van der Waals surface area contributed by atoms with E-state index in [2.05, 4.69) is 10.1 Å². The lowest BCUT2D eigenvalue weighted by Crippen LogP contribution is -2.04. The lowest BCUT2D eigenvalue weighted by molar-refractivity contribution is 0.0528. The summed E-state index contributed by atoms with van der Waals surface area (Å²) in [6, 6.07) is 0. The maximum Gasteiger partial charge on any atom is 0.343 e. The van der Waals surface area contributed by atoms with Crippen LogP contribution < -0.4 is 0 Å². The van der Waals surface area contributed by atoms with Gasteiger partial charge >= 0.3 is 5.97 Å². The fraction of sp³-hybridized carbons (Fsp3) is 0.222. The van der Waals surface area contributed by atoms with Gasteiger partial charge in [0, 0.05) is 6.20 Å². The Bertz CT molecular complexity index is 509. The van der Waals surface area contributed by atoms with Crippen molar-refractivity contribution in [1.29, 1.82) is 0 Å². The summed E-state index contributed by atoms with van der Waals surface area (Å²) in [5, 5.41) is 4.41. The largest absolute Gasteiger partial charge is 0.462 e. The number of rotatable bonds is 2. The highest BCUT2D eigenvalue weighted by Crippen LogP contribution is 2.12. The topological polar surface area (TPSA) is 56.5 Å². The molecule has 0 aromatic carbocycles. The molecule has 2 heterocycles. The molecule has 78 valence electrons. The standard InChI is InChI=1S/C9H8ClN3O2/c1-2-15-9(14)7-4-12-13-5-6(10)3-11-8(7)13/h3-5H,2H2,1H3. The molecule has 15 heavy (non-hydrogen) atoms. The zero-order valence-electron chi connectivity index (χ0n) is 7.98. The maximum absolute atomic E-state index is 11.5. The van der Waals surface area contributed by atoms with Gasteiger partial charge in [0.05, 0.1) is 24.0 Å². The minimum atomic E-state index is -0.428. The smallest absolute Gasteiger partial charge is 0.343 e. The van der Waals surface area contributed by atoms with Gasteiger partial charge < -0.3 is 4.74 Å². The molecule has 0 saturated carbocycles. The molecule has 0 aliphatic carbocycles. The lowest BCUT2D eigenvalue weighted by atomic mass is 10.3. The molecule has 0 N–H and O–H groups in total. The molecular formula is C9H8ClN3O2. The number of carbonyl (C=O) groups excluding carboxylic acids is 1. The Hall–Kier alpha value is -1.62. The van der Waals surface area contributed by atoms with Gasteiger partial charge in [0.2, 0.25) is 0 Å². The molecule has 0 aliphatic heterocycles. The van der Waals surface area contributed by atoms with Gasteiger partial charge in [-0.1, -0.05) is 11.6 Å². The second-order valence-electron chi connectivity index (χ2n) is 2.82. The van der Waals surface area contributed by atoms with Crippen LogP contribution in [0.4, 0.5) is 0 Å². The molecule has 2 aromatic rings. The first kappa shape index (κ1) is 9.92. The predicted molar refractivity (Wildman–Crippen MR) is 54.0 cm³/mol. The second-order valence-corrected chi connectivity index (χ2v) is 3.26. The zero-order valence-corrected chi connectivity index (χ0v) is 8.73. The average Bonchev–Trinajstić information content (AvgIpc) is 2.60. The Kier molecular flexibility index (Phi) is 2.55. The third-order valence-electron chi connectivity index (χ3n) is 1.82. The Morgan fingerprint density at radius 3 is 3.13 bits per heavy atom. The van der Waals surface area contributed by atoms with Gasteiger partial charge in [-0.3, -0.25) is 0 Å². The van der Waals surface area contributed by atoms with Crippen molar-refractivity contribution in [2.45, 2.75) is 6.92 Å². The summed E-state index contributed by atoms with van der Waals surface area (Å²) in [7, 11) is 0. The van der Waals surface area contributed by atoms with Gasteiger partial charge in [-0.05, 0) is 6.92 Å². The van der Waals surface area contributed by atoms with E-state index < -0.39 is 5.97 Å². The van der Waals surface area contributed by atoms with Crippen LogP contribution in [0.1, 0.15) is 17.3 Å². The summed E-state index contributed by atoms with van der Waals surface area (Å²) < 4.78 is 6.30. The maximum atomic E-state index is 11.5. The molecule has 0 bridgehead atoms. The molecule has 0 saturated heterocycles. The van der Waals surface area contributed by atoms with E-state index in [1.165, 1.54) is 16.9 Å². The van der Waals surface area contributed by atoms with Gasteiger partial charge in [0.1, 0.15) is 5.56 Å². The van der Waals surface area contributed by atoms with E-state index in [1.54, 1.807) is 13.1 Å². The van der Waals surface area contributed by atoms with E-state index >= 15 is 0 Å². The first-order chi connectivity index (χ1) is 7.22. The first-order valence-electron chi connectivity index (χ1n) is 4.38. The Morgan fingerprint density at radius 1 is 1.60 bits per heavy atom. The molecule has 0 unspecified atom stereocenters. The number of ether oxygens (including phenoxy) is 1. The van der Waals surface area contributed by atoms with Crippen LogP contribution >= 0.6 is 11.6 Å². The Balaban J connectivity index is 2.49. The quantitative estimate of drug-likeness (QED) is 0.728. The van der Waals surface area contributed by atoms with E-state index in [0.717, 1.165) is 0 Å². The van der Waals surface area contributed by atoms with Crippen LogP contribution in [-0.2, 0) is 4.74 Å². The summed E-state index contributed by atoms with van der Waals surface area (Å²) in [5.74, 6) is -0.428. The van der Waals surface area contributed by atoms with E-state index in [9.17, 15) is 4.79 Å². The molecule has 0 spiro atoms. The fourth-order valence-corrected chi connectivity index (χ4v) is 1.35. The van der Waals surface area contributed by atoms with Gasteiger partial charge in [-0.25, -0.2) is 14.3 Å². The molecule has 0 aliphatic rings. The highest BCUT2D eigenvalue weighted by atomic mass is 35.5. The van der Waals surface area contributed by atoms with Crippen LogP contribution in [-0.4, -0.2) is 27.2 Å². The van der Waals surface area contributed by atoms with Gasteiger partial charge in [0.25, 0.3) is 0 Å². The molecule has 6 heteroatoms. The van der Waals surface area contributed by atoms with Crippen molar-refractivity contribution in [3.63, 3.8) is 0 Å². The van der Waals surface area contributed by atoms with Crippen LogP contribution in [0.5, 0.6) is 0 Å². The Labute approximate surface area is 90.6 Å². The molecular weight excluding hydrogens is 218 g/mol. The fourth-order valence-electron chi connectivity index (χ4n) is 1.20. The van der Waals surface area contributed by atoms with E-state index in [4.69, 9.17) is 16.3 Å². The molecule has 0 atom stereocenters. The number of esters is 1. The molecule has 2 rings (SSSR count).